The first-order chi connectivity index (χ1) is 10.1. The number of hydrogen-bond donors (Lipinski definition) is 1. The third-order valence-corrected chi connectivity index (χ3v) is 3.43. The second-order valence-corrected chi connectivity index (χ2v) is 5.03. The lowest BCUT2D eigenvalue weighted by Crippen LogP contribution is -2.13. The zero-order chi connectivity index (χ0) is 14.8. The molecule has 0 bridgehead atoms. The highest BCUT2D eigenvalue weighted by Crippen LogP contribution is 2.25. The molecule has 0 spiro atoms. The van der Waals surface area contributed by atoms with Crippen LogP contribution in [-0.2, 0) is 0 Å². The first-order valence-electron chi connectivity index (χ1n) is 6.43. The van der Waals surface area contributed by atoms with Crippen LogP contribution in [0.2, 0.25) is 5.02 Å². The summed E-state index contributed by atoms with van der Waals surface area (Å²) >= 11 is 6.05. The Labute approximate surface area is 127 Å². The lowest BCUT2D eigenvalue weighted by molar-refractivity contribution is 0.102. The summed E-state index contributed by atoms with van der Waals surface area (Å²) in [6.07, 6.45) is 5.29. The van der Waals surface area contributed by atoms with Gasteiger partial charge in [-0.25, -0.2) is 0 Å². The van der Waals surface area contributed by atoms with Gasteiger partial charge in [0.1, 0.15) is 5.76 Å². The van der Waals surface area contributed by atoms with Crippen LogP contribution in [0.15, 0.2) is 59.5 Å². The molecule has 0 saturated carbocycles. The number of rotatable bonds is 3. The quantitative estimate of drug-likeness (QED) is 0.784. The van der Waals surface area contributed by atoms with E-state index in [1.165, 1.54) is 6.26 Å². The van der Waals surface area contributed by atoms with Crippen LogP contribution in [0.25, 0.3) is 5.69 Å². The average Bonchev–Trinajstić information content (AvgIpc) is 3.11. The van der Waals surface area contributed by atoms with Crippen LogP contribution < -0.4 is 5.32 Å². The van der Waals surface area contributed by atoms with E-state index < -0.39 is 0 Å². The Morgan fingerprint density at radius 3 is 2.67 bits per heavy atom. The Bertz CT molecular complexity index is 775. The molecule has 1 N–H and O–H groups in total. The van der Waals surface area contributed by atoms with Crippen molar-refractivity contribution in [2.45, 2.75) is 6.92 Å². The zero-order valence-electron chi connectivity index (χ0n) is 11.3. The van der Waals surface area contributed by atoms with Gasteiger partial charge in [-0.1, -0.05) is 11.6 Å². The second kappa shape index (κ2) is 5.50. The number of anilines is 1. The fourth-order valence-electron chi connectivity index (χ4n) is 2.13. The van der Waals surface area contributed by atoms with Crippen molar-refractivity contribution < 1.29 is 9.21 Å². The summed E-state index contributed by atoms with van der Waals surface area (Å²) in [5, 5.41) is 3.50. The van der Waals surface area contributed by atoms with Gasteiger partial charge in [0.2, 0.25) is 0 Å². The zero-order valence-corrected chi connectivity index (χ0v) is 12.1. The van der Waals surface area contributed by atoms with E-state index in [2.05, 4.69) is 5.32 Å². The molecule has 2 heterocycles. The number of halogens is 1. The van der Waals surface area contributed by atoms with Gasteiger partial charge in [0.25, 0.3) is 5.91 Å². The van der Waals surface area contributed by atoms with Crippen molar-refractivity contribution >= 4 is 23.2 Å². The molecule has 0 unspecified atom stereocenters. The minimum absolute atomic E-state index is 0.211. The topological polar surface area (TPSA) is 47.2 Å². The van der Waals surface area contributed by atoms with Crippen molar-refractivity contribution in [3.05, 3.63) is 71.4 Å². The van der Waals surface area contributed by atoms with Gasteiger partial charge in [0.15, 0.2) is 0 Å². The van der Waals surface area contributed by atoms with Crippen molar-refractivity contribution in [1.82, 2.24) is 4.57 Å². The van der Waals surface area contributed by atoms with Crippen molar-refractivity contribution in [3.63, 3.8) is 0 Å². The van der Waals surface area contributed by atoms with Crippen LogP contribution in [0.1, 0.15) is 16.1 Å². The maximum atomic E-state index is 12.3. The third kappa shape index (κ3) is 2.71. The van der Waals surface area contributed by atoms with Crippen LogP contribution in [0.4, 0.5) is 5.69 Å². The Kier molecular flexibility index (Phi) is 3.54. The van der Waals surface area contributed by atoms with Gasteiger partial charge in [-0.05, 0) is 43.3 Å². The molecule has 0 atom stereocenters. The van der Waals surface area contributed by atoms with Gasteiger partial charge >= 0.3 is 0 Å². The highest BCUT2D eigenvalue weighted by molar-refractivity contribution is 6.31. The summed E-state index contributed by atoms with van der Waals surface area (Å²) in [6.45, 7) is 1.75. The highest BCUT2D eigenvalue weighted by atomic mass is 35.5. The number of furan rings is 1. The summed E-state index contributed by atoms with van der Waals surface area (Å²) in [5.74, 6) is 0.376. The third-order valence-electron chi connectivity index (χ3n) is 3.19. The van der Waals surface area contributed by atoms with E-state index >= 15 is 0 Å². The molecular weight excluding hydrogens is 288 g/mol. The standard InChI is InChI=1S/C16H13ClN2O2/c1-11-13(6-9-21-11)16(20)18-14-5-4-12(17)10-15(14)19-7-2-3-8-19/h2-10H,1H3,(H,18,20). The predicted octanol–water partition coefficient (Wildman–Crippen LogP) is 4.28. The molecule has 0 radical (unpaired) electrons. The molecule has 1 aromatic carbocycles. The molecule has 3 rings (SSSR count). The number of benzene rings is 1. The number of carbonyl (C=O) groups is 1. The molecule has 0 aliphatic carbocycles. The van der Waals surface area contributed by atoms with Gasteiger partial charge < -0.3 is 14.3 Å². The van der Waals surface area contributed by atoms with E-state index in [1.54, 1.807) is 31.2 Å². The molecular formula is C16H13ClN2O2. The van der Waals surface area contributed by atoms with Crippen LogP contribution in [0.3, 0.4) is 0 Å². The second-order valence-electron chi connectivity index (χ2n) is 4.60. The summed E-state index contributed by atoms with van der Waals surface area (Å²) in [4.78, 5) is 12.3. The van der Waals surface area contributed by atoms with Gasteiger partial charge in [-0.15, -0.1) is 0 Å². The van der Waals surface area contributed by atoms with E-state index in [1.807, 2.05) is 29.1 Å². The summed E-state index contributed by atoms with van der Waals surface area (Å²) in [7, 11) is 0. The highest BCUT2D eigenvalue weighted by Gasteiger charge is 2.14. The average molecular weight is 301 g/mol. The molecule has 2 aromatic heterocycles. The maximum absolute atomic E-state index is 12.3. The molecule has 5 heteroatoms. The number of hydrogen-bond acceptors (Lipinski definition) is 2. The first kappa shape index (κ1) is 13.5. The summed E-state index contributed by atoms with van der Waals surface area (Å²) in [5.41, 5.74) is 2.01. The van der Waals surface area contributed by atoms with Gasteiger partial charge in [-0.3, -0.25) is 4.79 Å². The fourth-order valence-corrected chi connectivity index (χ4v) is 2.30. The number of nitrogens with zero attached hydrogens (tertiary/aromatic N) is 1. The van der Waals surface area contributed by atoms with Crippen LogP contribution in [-0.4, -0.2) is 10.5 Å². The molecule has 1 amide bonds. The van der Waals surface area contributed by atoms with Crippen molar-refractivity contribution in [1.29, 1.82) is 0 Å². The molecule has 0 fully saturated rings. The Morgan fingerprint density at radius 1 is 1.24 bits per heavy atom. The maximum Gasteiger partial charge on any atom is 0.259 e. The lowest BCUT2D eigenvalue weighted by Gasteiger charge is -2.12. The fraction of sp³-hybridized carbons (Fsp3) is 0.0625. The molecule has 0 aliphatic rings. The van der Waals surface area contributed by atoms with Crippen molar-refractivity contribution in [2.24, 2.45) is 0 Å². The lowest BCUT2D eigenvalue weighted by atomic mass is 10.2. The normalized spacial score (nSPS) is 10.6. The number of aromatic nitrogens is 1. The number of aryl methyl sites for hydroxylation is 1. The largest absolute Gasteiger partial charge is 0.469 e. The summed E-state index contributed by atoms with van der Waals surface area (Å²) < 4.78 is 7.05. The monoisotopic (exact) mass is 300 g/mol. The van der Waals surface area contributed by atoms with Crippen LogP contribution in [0.5, 0.6) is 0 Å². The van der Waals surface area contributed by atoms with E-state index in [0.29, 0.717) is 22.0 Å². The van der Waals surface area contributed by atoms with Gasteiger partial charge in [0.05, 0.1) is 23.2 Å². The van der Waals surface area contributed by atoms with E-state index in [9.17, 15) is 4.79 Å². The minimum atomic E-state index is -0.211. The molecule has 0 saturated heterocycles. The number of nitrogens with one attached hydrogen (secondary N) is 1. The van der Waals surface area contributed by atoms with Gasteiger partial charge in [-0.2, -0.15) is 0 Å². The molecule has 106 valence electrons. The molecule has 21 heavy (non-hydrogen) atoms. The number of amides is 1. The van der Waals surface area contributed by atoms with E-state index in [4.69, 9.17) is 16.0 Å². The Balaban J connectivity index is 1.96. The Morgan fingerprint density at radius 2 is 2.00 bits per heavy atom. The van der Waals surface area contributed by atoms with Crippen LogP contribution >= 0.6 is 11.6 Å². The first-order valence-corrected chi connectivity index (χ1v) is 6.81. The van der Waals surface area contributed by atoms with E-state index in [0.717, 1.165) is 5.69 Å². The molecule has 4 nitrogen and oxygen atoms in total. The molecule has 3 aromatic rings. The van der Waals surface area contributed by atoms with Crippen molar-refractivity contribution in [3.8, 4) is 5.69 Å². The van der Waals surface area contributed by atoms with Crippen LogP contribution in [0, 0.1) is 6.92 Å². The van der Waals surface area contributed by atoms with Crippen molar-refractivity contribution in [2.75, 3.05) is 5.32 Å². The van der Waals surface area contributed by atoms with Gasteiger partial charge in [0, 0.05) is 17.4 Å². The predicted molar refractivity (Wildman–Crippen MR) is 82.2 cm³/mol. The minimum Gasteiger partial charge on any atom is -0.469 e. The Hall–Kier alpha value is -2.46. The summed E-state index contributed by atoms with van der Waals surface area (Å²) in [6, 6.07) is 10.8. The SMILES string of the molecule is Cc1occc1C(=O)Nc1ccc(Cl)cc1-n1cccc1. The number of carbonyl (C=O) groups excluding carboxylic acids is 1. The smallest absolute Gasteiger partial charge is 0.259 e. The van der Waals surface area contributed by atoms with E-state index in [-0.39, 0.29) is 5.91 Å². The molecule has 0 aliphatic heterocycles.